The minimum Gasteiger partial charge on any atom is -0.381 e. The Morgan fingerprint density at radius 3 is 2.71 bits per heavy atom. The molecule has 0 spiro atoms. The number of hydrogen-bond donors (Lipinski definition) is 0. The summed E-state index contributed by atoms with van der Waals surface area (Å²) in [6.45, 7) is 1.61. The highest BCUT2D eigenvalue weighted by Gasteiger charge is 2.21. The van der Waals surface area contributed by atoms with Crippen LogP contribution in [0.3, 0.4) is 0 Å². The maximum atomic E-state index is 6.21. The van der Waals surface area contributed by atoms with Crippen molar-refractivity contribution in [3.8, 4) is 0 Å². The summed E-state index contributed by atoms with van der Waals surface area (Å²) in [5, 5.41) is 0.793. The molecule has 4 heteroatoms. The van der Waals surface area contributed by atoms with Gasteiger partial charge < -0.3 is 9.47 Å². The summed E-state index contributed by atoms with van der Waals surface area (Å²) >= 11 is 8.56. The highest BCUT2D eigenvalue weighted by Crippen LogP contribution is 2.29. The second-order valence-corrected chi connectivity index (χ2v) is 5.40. The summed E-state index contributed by atoms with van der Waals surface area (Å²) in [4.78, 5) is 0. The molecule has 17 heavy (non-hydrogen) atoms. The van der Waals surface area contributed by atoms with Crippen LogP contribution in [0.25, 0.3) is 0 Å². The highest BCUT2D eigenvalue weighted by molar-refractivity contribution is 14.1. The van der Waals surface area contributed by atoms with Crippen LogP contribution in [-0.4, -0.2) is 23.7 Å². The van der Waals surface area contributed by atoms with Crippen LogP contribution >= 0.6 is 34.2 Å². The summed E-state index contributed by atoms with van der Waals surface area (Å²) < 4.78 is 12.4. The maximum absolute atomic E-state index is 6.21. The van der Waals surface area contributed by atoms with Gasteiger partial charge in [0.15, 0.2) is 0 Å². The highest BCUT2D eigenvalue weighted by atomic mass is 127. The molecule has 2 nitrogen and oxygen atoms in total. The molecule has 0 saturated carbocycles. The van der Waals surface area contributed by atoms with E-state index in [1.807, 2.05) is 24.3 Å². The number of hydrogen-bond acceptors (Lipinski definition) is 2. The standard InChI is InChI=1S/C13H16ClIO2/c14-12-4-2-1-3-11(12)13(9-15)17-10-5-7-16-8-6-10/h1-4,10,13H,5-9H2. The van der Waals surface area contributed by atoms with Crippen LogP contribution in [0, 0.1) is 0 Å². The zero-order valence-electron chi connectivity index (χ0n) is 9.57. The molecule has 1 saturated heterocycles. The first-order valence-corrected chi connectivity index (χ1v) is 7.75. The van der Waals surface area contributed by atoms with E-state index in [9.17, 15) is 0 Å². The van der Waals surface area contributed by atoms with Crippen molar-refractivity contribution in [1.29, 1.82) is 0 Å². The summed E-state index contributed by atoms with van der Waals surface area (Å²) in [5.74, 6) is 0. The van der Waals surface area contributed by atoms with Gasteiger partial charge in [0.2, 0.25) is 0 Å². The predicted molar refractivity (Wildman–Crippen MR) is 78.0 cm³/mol. The molecular weight excluding hydrogens is 350 g/mol. The third-order valence-electron chi connectivity index (χ3n) is 2.92. The van der Waals surface area contributed by atoms with Gasteiger partial charge >= 0.3 is 0 Å². The molecule has 1 aromatic rings. The Bertz CT molecular complexity index is 353. The maximum Gasteiger partial charge on any atom is 0.0932 e. The van der Waals surface area contributed by atoms with Crippen molar-refractivity contribution in [3.63, 3.8) is 0 Å². The molecule has 1 heterocycles. The van der Waals surface area contributed by atoms with Crippen LogP contribution in [0.2, 0.25) is 5.02 Å². The molecule has 94 valence electrons. The van der Waals surface area contributed by atoms with Crippen molar-refractivity contribution < 1.29 is 9.47 Å². The fourth-order valence-corrected chi connectivity index (χ4v) is 2.91. The van der Waals surface area contributed by atoms with Gasteiger partial charge in [0, 0.05) is 28.2 Å². The van der Waals surface area contributed by atoms with E-state index in [1.165, 1.54) is 0 Å². The summed E-state index contributed by atoms with van der Waals surface area (Å²) in [5.41, 5.74) is 1.09. The quantitative estimate of drug-likeness (QED) is 0.592. The third kappa shape index (κ3) is 3.81. The minimum absolute atomic E-state index is 0.0902. The number of ether oxygens (including phenoxy) is 2. The molecule has 0 aliphatic carbocycles. The molecule has 0 N–H and O–H groups in total. The summed E-state index contributed by atoms with van der Waals surface area (Å²) in [7, 11) is 0. The first kappa shape index (κ1) is 13.6. The molecule has 1 aliphatic rings. The lowest BCUT2D eigenvalue weighted by Gasteiger charge is -2.27. The van der Waals surface area contributed by atoms with Gasteiger partial charge in [-0.1, -0.05) is 52.4 Å². The lowest BCUT2D eigenvalue weighted by Crippen LogP contribution is -2.25. The Kier molecular flexibility index (Phi) is 5.53. The van der Waals surface area contributed by atoms with Gasteiger partial charge in [0.1, 0.15) is 0 Å². The van der Waals surface area contributed by atoms with Crippen LogP contribution in [0.5, 0.6) is 0 Å². The first-order chi connectivity index (χ1) is 8.31. The van der Waals surface area contributed by atoms with E-state index in [1.54, 1.807) is 0 Å². The van der Waals surface area contributed by atoms with Crippen molar-refractivity contribution in [2.75, 3.05) is 17.6 Å². The van der Waals surface area contributed by atoms with Gasteiger partial charge in [-0.05, 0) is 18.9 Å². The second kappa shape index (κ2) is 6.92. The number of halogens is 2. The SMILES string of the molecule is Clc1ccccc1C(CI)OC1CCOCC1. The van der Waals surface area contributed by atoms with E-state index in [-0.39, 0.29) is 6.10 Å². The minimum atomic E-state index is 0.0902. The molecule has 1 atom stereocenters. The van der Waals surface area contributed by atoms with Gasteiger partial charge in [0.05, 0.1) is 12.2 Å². The normalized spacial score (nSPS) is 19.2. The molecule has 1 aromatic carbocycles. The third-order valence-corrected chi connectivity index (χ3v) is 4.06. The molecule has 2 rings (SSSR count). The zero-order valence-corrected chi connectivity index (χ0v) is 12.5. The lowest BCUT2D eigenvalue weighted by molar-refractivity contribution is -0.0611. The van der Waals surface area contributed by atoms with Gasteiger partial charge in [-0.3, -0.25) is 0 Å². The van der Waals surface area contributed by atoms with Gasteiger partial charge in [-0.2, -0.15) is 0 Å². The Balaban J connectivity index is 2.03. The van der Waals surface area contributed by atoms with E-state index in [0.29, 0.717) is 6.10 Å². The molecule has 1 unspecified atom stereocenters. The van der Waals surface area contributed by atoms with Crippen LogP contribution in [0.4, 0.5) is 0 Å². The van der Waals surface area contributed by atoms with Crippen molar-refractivity contribution >= 4 is 34.2 Å². The summed E-state index contributed by atoms with van der Waals surface area (Å²) in [6.07, 6.45) is 2.36. The van der Waals surface area contributed by atoms with Crippen LogP contribution < -0.4 is 0 Å². The Morgan fingerprint density at radius 2 is 2.06 bits per heavy atom. The van der Waals surface area contributed by atoms with Gasteiger partial charge in [-0.25, -0.2) is 0 Å². The Labute approximate surface area is 121 Å². The van der Waals surface area contributed by atoms with Crippen molar-refractivity contribution in [1.82, 2.24) is 0 Å². The predicted octanol–water partition coefficient (Wildman–Crippen LogP) is 4.01. The van der Waals surface area contributed by atoms with Crippen LogP contribution in [-0.2, 0) is 9.47 Å². The Hall–Kier alpha value is 0.160. The van der Waals surface area contributed by atoms with Crippen molar-refractivity contribution in [2.24, 2.45) is 0 Å². The fraction of sp³-hybridized carbons (Fsp3) is 0.538. The first-order valence-electron chi connectivity index (χ1n) is 5.85. The molecular formula is C13H16ClIO2. The van der Waals surface area contributed by atoms with E-state index in [4.69, 9.17) is 21.1 Å². The molecule has 0 amide bonds. The van der Waals surface area contributed by atoms with E-state index >= 15 is 0 Å². The average molecular weight is 367 g/mol. The van der Waals surface area contributed by atoms with E-state index in [0.717, 1.165) is 41.1 Å². The topological polar surface area (TPSA) is 18.5 Å². The number of rotatable bonds is 4. The van der Waals surface area contributed by atoms with E-state index < -0.39 is 0 Å². The van der Waals surface area contributed by atoms with Crippen molar-refractivity contribution in [3.05, 3.63) is 34.9 Å². The monoisotopic (exact) mass is 366 g/mol. The fourth-order valence-electron chi connectivity index (χ4n) is 1.97. The smallest absolute Gasteiger partial charge is 0.0932 e. The largest absolute Gasteiger partial charge is 0.381 e. The summed E-state index contributed by atoms with van der Waals surface area (Å²) in [6, 6.07) is 7.92. The molecule has 0 aromatic heterocycles. The molecule has 1 aliphatic heterocycles. The van der Waals surface area contributed by atoms with Crippen molar-refractivity contribution in [2.45, 2.75) is 25.0 Å². The molecule has 1 fully saturated rings. The lowest BCUT2D eigenvalue weighted by atomic mass is 10.1. The zero-order chi connectivity index (χ0) is 12.1. The van der Waals surface area contributed by atoms with E-state index in [2.05, 4.69) is 22.6 Å². The molecule has 0 radical (unpaired) electrons. The van der Waals surface area contributed by atoms with Crippen LogP contribution in [0.1, 0.15) is 24.5 Å². The number of benzene rings is 1. The Morgan fingerprint density at radius 1 is 1.35 bits per heavy atom. The average Bonchev–Trinajstić information content (AvgIpc) is 2.38. The number of alkyl halides is 1. The van der Waals surface area contributed by atoms with Gasteiger partial charge in [-0.15, -0.1) is 0 Å². The van der Waals surface area contributed by atoms with Gasteiger partial charge in [0.25, 0.3) is 0 Å². The second-order valence-electron chi connectivity index (χ2n) is 4.11. The van der Waals surface area contributed by atoms with Crippen LogP contribution in [0.15, 0.2) is 24.3 Å². The molecule has 0 bridgehead atoms.